The Bertz CT molecular complexity index is 1160. The molecule has 3 aromatic rings. The highest BCUT2D eigenvalue weighted by atomic mass is 16.5. The van der Waals surface area contributed by atoms with Crippen LogP contribution in [0.1, 0.15) is 35.0 Å². The Morgan fingerprint density at radius 1 is 0.969 bits per heavy atom. The smallest absolute Gasteiger partial charge is 0.329 e. The Kier molecular flexibility index (Phi) is 7.10. The van der Waals surface area contributed by atoms with Crippen LogP contribution in [0.5, 0.6) is 5.75 Å². The van der Waals surface area contributed by atoms with Crippen molar-refractivity contribution in [3.63, 3.8) is 0 Å². The zero-order valence-corrected chi connectivity index (χ0v) is 19.0. The van der Waals surface area contributed by atoms with Crippen LogP contribution in [0.2, 0.25) is 0 Å². The number of nitrogens with zero attached hydrogens (tertiary/aromatic N) is 2. The number of aryl methyl sites for hydroxylation is 3. The van der Waals surface area contributed by atoms with Crippen LogP contribution in [0, 0.1) is 27.7 Å². The van der Waals surface area contributed by atoms with Gasteiger partial charge >= 0.3 is 11.8 Å². The van der Waals surface area contributed by atoms with Crippen LogP contribution in [0.4, 0.5) is 5.69 Å². The van der Waals surface area contributed by atoms with Crippen LogP contribution in [0.25, 0.3) is 5.69 Å². The molecule has 0 unspecified atom stereocenters. The van der Waals surface area contributed by atoms with Crippen molar-refractivity contribution in [1.82, 2.24) is 9.99 Å². The molecule has 2 N–H and O–H groups in total. The summed E-state index contributed by atoms with van der Waals surface area (Å²) >= 11 is 0. The number of ether oxygens (including phenoxy) is 1. The van der Waals surface area contributed by atoms with Gasteiger partial charge in [-0.05, 0) is 88.2 Å². The molecule has 7 heteroatoms. The minimum absolute atomic E-state index is 0.566. The Morgan fingerprint density at radius 3 is 2.34 bits per heavy atom. The van der Waals surface area contributed by atoms with Gasteiger partial charge in [0.25, 0.3) is 0 Å². The second-order valence-corrected chi connectivity index (χ2v) is 7.54. The third-order valence-electron chi connectivity index (χ3n) is 5.22. The number of hydrogen-bond donors (Lipinski definition) is 2. The van der Waals surface area contributed by atoms with E-state index in [2.05, 4.69) is 20.4 Å². The molecule has 0 aliphatic carbocycles. The molecule has 2 aromatic carbocycles. The molecule has 7 nitrogen and oxygen atoms in total. The average Bonchev–Trinajstić information content (AvgIpc) is 3.04. The molecule has 0 fully saturated rings. The van der Waals surface area contributed by atoms with Gasteiger partial charge in [0.05, 0.1) is 12.8 Å². The quantitative estimate of drug-likeness (QED) is 0.348. The van der Waals surface area contributed by atoms with Crippen LogP contribution in [0.3, 0.4) is 0 Å². The topological polar surface area (TPSA) is 84.7 Å². The average molecular weight is 433 g/mol. The van der Waals surface area contributed by atoms with Crippen molar-refractivity contribution >= 4 is 23.7 Å². The number of carbonyl (C=O) groups excluding carboxylic acids is 2. The number of nitrogens with one attached hydrogen (secondary N) is 2. The third kappa shape index (κ3) is 5.24. The molecule has 1 heterocycles. The molecular formula is C25H28N4O3. The predicted molar refractivity (Wildman–Crippen MR) is 127 cm³/mol. The van der Waals surface area contributed by atoms with Crippen molar-refractivity contribution in [2.75, 3.05) is 11.9 Å². The highest BCUT2D eigenvalue weighted by Crippen LogP contribution is 2.22. The van der Waals surface area contributed by atoms with Crippen molar-refractivity contribution in [3.05, 3.63) is 76.6 Å². The lowest BCUT2D eigenvalue weighted by molar-refractivity contribution is -0.136. The fourth-order valence-electron chi connectivity index (χ4n) is 3.39. The molecule has 0 atom stereocenters. The van der Waals surface area contributed by atoms with Crippen LogP contribution in [0.15, 0.2) is 53.6 Å². The summed E-state index contributed by atoms with van der Waals surface area (Å²) in [6.07, 6.45) is 1.54. The molecule has 32 heavy (non-hydrogen) atoms. The third-order valence-corrected chi connectivity index (χ3v) is 5.22. The van der Waals surface area contributed by atoms with E-state index in [-0.39, 0.29) is 0 Å². The van der Waals surface area contributed by atoms with Gasteiger partial charge in [-0.3, -0.25) is 9.59 Å². The summed E-state index contributed by atoms with van der Waals surface area (Å²) in [5.41, 5.74) is 8.82. The van der Waals surface area contributed by atoms with Gasteiger partial charge in [-0.15, -0.1) is 0 Å². The van der Waals surface area contributed by atoms with Crippen LogP contribution in [-0.4, -0.2) is 29.2 Å². The second kappa shape index (κ2) is 9.96. The second-order valence-electron chi connectivity index (χ2n) is 7.54. The zero-order chi connectivity index (χ0) is 23.3. The molecule has 0 bridgehead atoms. The summed E-state index contributed by atoms with van der Waals surface area (Å²) in [5, 5.41) is 6.54. The van der Waals surface area contributed by atoms with Crippen LogP contribution < -0.4 is 15.5 Å². The fraction of sp³-hybridized carbons (Fsp3) is 0.240. The number of carbonyl (C=O) groups is 2. The first-order valence-corrected chi connectivity index (χ1v) is 10.4. The normalized spacial score (nSPS) is 10.9. The number of benzene rings is 2. The van der Waals surface area contributed by atoms with Gasteiger partial charge in [-0.2, -0.15) is 5.10 Å². The maximum atomic E-state index is 12.1. The molecule has 0 saturated heterocycles. The molecule has 1 aromatic heterocycles. The number of hydrazone groups is 1. The lowest BCUT2D eigenvalue weighted by Gasteiger charge is -2.11. The van der Waals surface area contributed by atoms with Crippen LogP contribution in [-0.2, 0) is 9.59 Å². The Labute approximate surface area is 188 Å². The van der Waals surface area contributed by atoms with Gasteiger partial charge in [-0.25, -0.2) is 5.43 Å². The van der Waals surface area contributed by atoms with E-state index in [0.29, 0.717) is 12.3 Å². The van der Waals surface area contributed by atoms with Crippen molar-refractivity contribution < 1.29 is 14.3 Å². The summed E-state index contributed by atoms with van der Waals surface area (Å²) in [6.45, 7) is 10.5. The molecule has 2 amide bonds. The molecular weight excluding hydrogens is 404 g/mol. The van der Waals surface area contributed by atoms with Crippen LogP contribution >= 0.6 is 0 Å². The molecule has 0 saturated carbocycles. The van der Waals surface area contributed by atoms with Crippen molar-refractivity contribution in [2.45, 2.75) is 34.6 Å². The summed E-state index contributed by atoms with van der Waals surface area (Å²) < 4.78 is 7.59. The summed E-state index contributed by atoms with van der Waals surface area (Å²) in [4.78, 5) is 24.2. The highest BCUT2D eigenvalue weighted by Gasteiger charge is 2.14. The molecule has 0 spiro atoms. The maximum absolute atomic E-state index is 12.1. The van der Waals surface area contributed by atoms with E-state index in [4.69, 9.17) is 4.74 Å². The Hall–Kier alpha value is -3.87. The van der Waals surface area contributed by atoms with Gasteiger partial charge < -0.3 is 14.6 Å². The molecule has 166 valence electrons. The fourth-order valence-corrected chi connectivity index (χ4v) is 3.39. The lowest BCUT2D eigenvalue weighted by Crippen LogP contribution is -2.32. The van der Waals surface area contributed by atoms with E-state index in [0.717, 1.165) is 39.5 Å². The maximum Gasteiger partial charge on any atom is 0.329 e. The summed E-state index contributed by atoms with van der Waals surface area (Å²) in [7, 11) is 0. The SMILES string of the molecule is CCOc1ccc(-n2c(C)cc(/C=N\NC(=O)C(=O)Nc3ccc(C)c(C)c3)c2C)cc1. The van der Waals surface area contributed by atoms with E-state index in [1.807, 2.05) is 77.1 Å². The van der Waals surface area contributed by atoms with Gasteiger partial charge in [0.1, 0.15) is 5.75 Å². The van der Waals surface area contributed by atoms with Gasteiger partial charge in [0.2, 0.25) is 0 Å². The van der Waals surface area contributed by atoms with Gasteiger partial charge in [-0.1, -0.05) is 6.07 Å². The minimum atomic E-state index is -0.834. The number of aromatic nitrogens is 1. The van der Waals surface area contributed by atoms with E-state index >= 15 is 0 Å². The molecule has 0 aliphatic heterocycles. The first-order valence-electron chi connectivity index (χ1n) is 10.4. The highest BCUT2D eigenvalue weighted by molar-refractivity contribution is 6.39. The standard InChI is InChI=1S/C25H28N4O3/c1-6-32-23-11-9-22(10-12-23)29-18(4)14-20(19(29)5)15-26-28-25(31)24(30)27-21-8-7-16(2)17(3)13-21/h7-15H,6H2,1-5H3,(H,27,30)(H,28,31)/b26-15-. The van der Waals surface area contributed by atoms with Crippen molar-refractivity contribution in [3.8, 4) is 11.4 Å². The Morgan fingerprint density at radius 2 is 1.69 bits per heavy atom. The summed E-state index contributed by atoms with van der Waals surface area (Å²) in [5.74, 6) is -0.785. The molecule has 0 aliphatic rings. The van der Waals surface area contributed by atoms with E-state index < -0.39 is 11.8 Å². The lowest BCUT2D eigenvalue weighted by atomic mass is 10.1. The van der Waals surface area contributed by atoms with E-state index in [9.17, 15) is 9.59 Å². The molecule has 0 radical (unpaired) electrons. The number of rotatable bonds is 6. The number of amides is 2. The largest absolute Gasteiger partial charge is 0.494 e. The monoisotopic (exact) mass is 432 g/mol. The van der Waals surface area contributed by atoms with Crippen molar-refractivity contribution in [1.29, 1.82) is 0 Å². The zero-order valence-electron chi connectivity index (χ0n) is 19.0. The van der Waals surface area contributed by atoms with E-state index in [1.54, 1.807) is 6.07 Å². The first-order chi connectivity index (χ1) is 15.3. The Balaban J connectivity index is 1.66. The van der Waals surface area contributed by atoms with Gasteiger partial charge in [0.15, 0.2) is 0 Å². The molecule has 3 rings (SSSR count). The van der Waals surface area contributed by atoms with Gasteiger partial charge in [0, 0.05) is 28.3 Å². The van der Waals surface area contributed by atoms with E-state index in [1.165, 1.54) is 6.21 Å². The predicted octanol–water partition coefficient (Wildman–Crippen LogP) is 4.20. The minimum Gasteiger partial charge on any atom is -0.494 e. The first kappa shape index (κ1) is 22.8. The number of anilines is 1. The van der Waals surface area contributed by atoms with Crippen molar-refractivity contribution in [2.24, 2.45) is 5.10 Å². The number of hydrogen-bond acceptors (Lipinski definition) is 4. The summed E-state index contributed by atoms with van der Waals surface area (Å²) in [6, 6.07) is 15.3.